The van der Waals surface area contributed by atoms with E-state index in [1.807, 2.05) is 37.3 Å². The zero-order valence-electron chi connectivity index (χ0n) is 14.8. The van der Waals surface area contributed by atoms with Crippen LogP contribution in [0.1, 0.15) is 11.1 Å². The molecule has 3 aromatic rings. The van der Waals surface area contributed by atoms with Gasteiger partial charge in [0.25, 0.3) is 0 Å². The minimum atomic E-state index is -0.479. The standard InChI is InChI=1S/C18H18ClN5O2S/c1-11-3-8-15(26-2)14(9-11)21-16-17(25)24(20)18(23-22-16)27-10-12-4-6-13(19)7-5-12/h3-9H,10,20H2,1-2H3,(H,21,22). The molecule has 1 heterocycles. The van der Waals surface area contributed by atoms with Crippen molar-refractivity contribution in [3.63, 3.8) is 0 Å². The number of nitrogens with one attached hydrogen (secondary N) is 1. The summed E-state index contributed by atoms with van der Waals surface area (Å²) in [4.78, 5) is 12.5. The average molecular weight is 404 g/mol. The molecular formula is C18H18ClN5O2S. The molecule has 0 spiro atoms. The number of benzene rings is 2. The zero-order valence-corrected chi connectivity index (χ0v) is 16.3. The monoisotopic (exact) mass is 403 g/mol. The normalized spacial score (nSPS) is 10.6. The van der Waals surface area contributed by atoms with Crippen LogP contribution in [0.5, 0.6) is 5.75 Å². The Kier molecular flexibility index (Phi) is 5.88. The first-order valence-electron chi connectivity index (χ1n) is 8.01. The summed E-state index contributed by atoms with van der Waals surface area (Å²) >= 11 is 7.19. The highest BCUT2D eigenvalue weighted by Gasteiger charge is 2.13. The van der Waals surface area contributed by atoms with Crippen LogP contribution in [0.4, 0.5) is 11.5 Å². The second kappa shape index (κ2) is 8.32. The molecule has 1 aromatic heterocycles. The molecule has 2 aromatic carbocycles. The number of methoxy groups -OCH3 is 1. The number of hydrogen-bond acceptors (Lipinski definition) is 7. The van der Waals surface area contributed by atoms with Gasteiger partial charge in [0.05, 0.1) is 12.8 Å². The van der Waals surface area contributed by atoms with Crippen molar-refractivity contribution in [1.82, 2.24) is 14.9 Å². The lowest BCUT2D eigenvalue weighted by atomic mass is 10.2. The lowest BCUT2D eigenvalue weighted by Crippen LogP contribution is -2.32. The van der Waals surface area contributed by atoms with Crippen molar-refractivity contribution in [2.45, 2.75) is 17.8 Å². The van der Waals surface area contributed by atoms with Gasteiger partial charge in [-0.2, -0.15) is 4.68 Å². The Hall–Kier alpha value is -2.71. The van der Waals surface area contributed by atoms with Gasteiger partial charge in [-0.15, -0.1) is 10.2 Å². The van der Waals surface area contributed by atoms with Gasteiger partial charge in [0.1, 0.15) is 5.75 Å². The Morgan fingerprint density at radius 1 is 1.22 bits per heavy atom. The van der Waals surface area contributed by atoms with Gasteiger partial charge in [-0.25, -0.2) is 0 Å². The minimum absolute atomic E-state index is 0.0252. The molecule has 0 atom stereocenters. The Labute approximate surface area is 165 Å². The number of nitrogens with zero attached hydrogens (tertiary/aromatic N) is 3. The highest BCUT2D eigenvalue weighted by molar-refractivity contribution is 7.98. The topological polar surface area (TPSA) is 95.1 Å². The van der Waals surface area contributed by atoms with E-state index in [1.54, 1.807) is 19.2 Å². The van der Waals surface area contributed by atoms with E-state index in [1.165, 1.54) is 11.8 Å². The van der Waals surface area contributed by atoms with Crippen LogP contribution in [0, 0.1) is 6.92 Å². The van der Waals surface area contributed by atoms with Crippen molar-refractivity contribution in [1.29, 1.82) is 0 Å². The lowest BCUT2D eigenvalue weighted by Gasteiger charge is -2.12. The minimum Gasteiger partial charge on any atom is -0.495 e. The number of nitrogens with two attached hydrogens (primary N) is 1. The number of ether oxygens (including phenoxy) is 1. The van der Waals surface area contributed by atoms with E-state index in [4.69, 9.17) is 22.2 Å². The van der Waals surface area contributed by atoms with Gasteiger partial charge in [-0.3, -0.25) is 4.79 Å². The van der Waals surface area contributed by atoms with E-state index in [9.17, 15) is 4.79 Å². The second-order valence-corrected chi connectivity index (χ2v) is 7.13. The molecule has 0 aliphatic rings. The summed E-state index contributed by atoms with van der Waals surface area (Å²) in [5.41, 5.74) is 2.18. The highest BCUT2D eigenvalue weighted by atomic mass is 35.5. The Morgan fingerprint density at radius 2 is 1.96 bits per heavy atom. The Morgan fingerprint density at radius 3 is 2.67 bits per heavy atom. The highest BCUT2D eigenvalue weighted by Crippen LogP contribution is 2.27. The predicted octanol–water partition coefficient (Wildman–Crippen LogP) is 3.36. The summed E-state index contributed by atoms with van der Waals surface area (Å²) in [5.74, 6) is 7.11. The first-order valence-corrected chi connectivity index (χ1v) is 9.38. The summed E-state index contributed by atoms with van der Waals surface area (Å²) in [6.45, 7) is 1.94. The van der Waals surface area contributed by atoms with Gasteiger partial charge < -0.3 is 15.9 Å². The van der Waals surface area contributed by atoms with E-state index in [0.717, 1.165) is 15.8 Å². The third-order valence-corrected chi connectivity index (χ3v) is 5.02. The van der Waals surface area contributed by atoms with Gasteiger partial charge in [0.2, 0.25) is 11.0 Å². The van der Waals surface area contributed by atoms with Crippen LogP contribution < -0.4 is 21.5 Å². The molecule has 0 aliphatic carbocycles. The summed E-state index contributed by atoms with van der Waals surface area (Å²) in [7, 11) is 1.55. The molecule has 0 aliphatic heterocycles. The van der Waals surface area contributed by atoms with Crippen LogP contribution >= 0.6 is 23.4 Å². The summed E-state index contributed by atoms with van der Waals surface area (Å²) < 4.78 is 6.28. The van der Waals surface area contributed by atoms with Crippen LogP contribution in [0.15, 0.2) is 52.4 Å². The predicted molar refractivity (Wildman–Crippen MR) is 108 cm³/mol. The van der Waals surface area contributed by atoms with Crippen molar-refractivity contribution in [2.75, 3.05) is 18.3 Å². The zero-order chi connectivity index (χ0) is 19.4. The molecule has 0 amide bonds. The van der Waals surface area contributed by atoms with E-state index in [2.05, 4.69) is 15.5 Å². The van der Waals surface area contributed by atoms with Gasteiger partial charge in [0, 0.05) is 10.8 Å². The maximum absolute atomic E-state index is 12.5. The molecule has 0 saturated heterocycles. The molecule has 3 rings (SSSR count). The quantitative estimate of drug-likeness (QED) is 0.481. The lowest BCUT2D eigenvalue weighted by molar-refractivity contribution is 0.416. The second-order valence-electron chi connectivity index (χ2n) is 5.75. The Bertz CT molecular complexity index is 1010. The molecule has 0 bridgehead atoms. The first kappa shape index (κ1) is 19.1. The van der Waals surface area contributed by atoms with Gasteiger partial charge >= 0.3 is 5.56 Å². The maximum atomic E-state index is 12.5. The maximum Gasteiger partial charge on any atom is 0.315 e. The fourth-order valence-corrected chi connectivity index (χ4v) is 3.27. The number of rotatable bonds is 6. The molecule has 9 heteroatoms. The van der Waals surface area contributed by atoms with E-state index >= 15 is 0 Å². The molecule has 3 N–H and O–H groups in total. The van der Waals surface area contributed by atoms with Crippen molar-refractivity contribution in [3.05, 3.63) is 69.0 Å². The van der Waals surface area contributed by atoms with Crippen LogP contribution in [0.25, 0.3) is 0 Å². The number of aryl methyl sites for hydroxylation is 1. The van der Waals surface area contributed by atoms with E-state index in [0.29, 0.717) is 27.4 Å². The summed E-state index contributed by atoms with van der Waals surface area (Å²) in [6.07, 6.45) is 0. The van der Waals surface area contributed by atoms with E-state index in [-0.39, 0.29) is 5.82 Å². The van der Waals surface area contributed by atoms with Crippen LogP contribution in [0.2, 0.25) is 5.02 Å². The molecule has 0 unspecified atom stereocenters. The number of halogens is 1. The third kappa shape index (κ3) is 4.53. The van der Waals surface area contributed by atoms with Gasteiger partial charge in [-0.1, -0.05) is 41.6 Å². The number of anilines is 2. The molecule has 27 heavy (non-hydrogen) atoms. The summed E-state index contributed by atoms with van der Waals surface area (Å²) in [6, 6.07) is 13.0. The summed E-state index contributed by atoms with van der Waals surface area (Å²) in [5, 5.41) is 12.0. The molecule has 0 radical (unpaired) electrons. The van der Waals surface area contributed by atoms with Crippen molar-refractivity contribution in [3.8, 4) is 5.75 Å². The first-order chi connectivity index (χ1) is 13.0. The number of thioether (sulfide) groups is 1. The smallest absolute Gasteiger partial charge is 0.315 e. The van der Waals surface area contributed by atoms with Crippen LogP contribution in [-0.2, 0) is 5.75 Å². The Balaban J connectivity index is 1.80. The SMILES string of the molecule is COc1ccc(C)cc1Nc1nnc(SCc2ccc(Cl)cc2)n(N)c1=O. The van der Waals surface area contributed by atoms with Crippen molar-refractivity contribution < 1.29 is 4.74 Å². The fourth-order valence-electron chi connectivity index (χ4n) is 2.34. The van der Waals surface area contributed by atoms with Crippen LogP contribution in [-0.4, -0.2) is 22.0 Å². The van der Waals surface area contributed by atoms with E-state index < -0.39 is 5.56 Å². The molecular weight excluding hydrogens is 386 g/mol. The average Bonchev–Trinajstić information content (AvgIpc) is 2.66. The van der Waals surface area contributed by atoms with Crippen LogP contribution in [0.3, 0.4) is 0 Å². The molecule has 0 fully saturated rings. The van der Waals surface area contributed by atoms with Gasteiger partial charge in [-0.05, 0) is 42.3 Å². The molecule has 0 saturated carbocycles. The number of nitrogen functional groups attached to an aromatic ring is 1. The largest absolute Gasteiger partial charge is 0.495 e. The number of hydrogen-bond donors (Lipinski definition) is 2. The van der Waals surface area contributed by atoms with Gasteiger partial charge in [0.15, 0.2) is 0 Å². The molecule has 140 valence electrons. The third-order valence-electron chi connectivity index (χ3n) is 3.75. The molecule has 7 nitrogen and oxygen atoms in total. The van der Waals surface area contributed by atoms with Crippen molar-refractivity contribution in [2.24, 2.45) is 0 Å². The van der Waals surface area contributed by atoms with Crippen molar-refractivity contribution >= 4 is 34.9 Å². The number of aromatic nitrogens is 3. The fraction of sp³-hybridized carbons (Fsp3) is 0.167.